The zero-order valence-corrected chi connectivity index (χ0v) is 12.4. The van der Waals surface area contributed by atoms with Crippen LogP contribution in [0.4, 0.5) is 5.69 Å². The number of carbonyl (C=O) groups is 1. The Hall–Kier alpha value is -1.78. The third-order valence-corrected chi connectivity index (χ3v) is 3.24. The maximum Gasteiger partial charge on any atom is 0.173 e. The SMILES string of the molecule is Cl.NC(=Nc1ccccc1)SCC(=O)c1ccccc1. The predicted molar refractivity (Wildman–Crippen MR) is 88.2 cm³/mol. The average molecular weight is 307 g/mol. The van der Waals surface area contributed by atoms with E-state index >= 15 is 0 Å². The van der Waals surface area contributed by atoms with Crippen molar-refractivity contribution in [3.05, 3.63) is 66.2 Å². The van der Waals surface area contributed by atoms with Gasteiger partial charge >= 0.3 is 0 Å². The number of hydrogen-bond acceptors (Lipinski definition) is 3. The molecule has 5 heteroatoms. The summed E-state index contributed by atoms with van der Waals surface area (Å²) in [6.45, 7) is 0. The number of halogens is 1. The van der Waals surface area contributed by atoms with Crippen LogP contribution in [0.3, 0.4) is 0 Å². The molecule has 0 aliphatic heterocycles. The summed E-state index contributed by atoms with van der Waals surface area (Å²) in [5.41, 5.74) is 7.28. The van der Waals surface area contributed by atoms with Gasteiger partial charge in [0.1, 0.15) is 0 Å². The molecule has 0 fully saturated rings. The first-order chi connectivity index (χ1) is 9.25. The van der Waals surface area contributed by atoms with Gasteiger partial charge < -0.3 is 5.73 Å². The highest BCUT2D eigenvalue weighted by Gasteiger charge is 2.06. The molecule has 0 aliphatic carbocycles. The predicted octanol–water partition coefficient (Wildman–Crippen LogP) is 3.67. The molecule has 0 unspecified atom stereocenters. The van der Waals surface area contributed by atoms with Gasteiger partial charge in [-0.1, -0.05) is 60.3 Å². The van der Waals surface area contributed by atoms with Crippen LogP contribution in [0.1, 0.15) is 10.4 Å². The van der Waals surface area contributed by atoms with E-state index in [2.05, 4.69) is 4.99 Å². The number of nitrogens with zero attached hydrogens (tertiary/aromatic N) is 1. The maximum atomic E-state index is 11.9. The van der Waals surface area contributed by atoms with Gasteiger partial charge in [0, 0.05) is 5.56 Å². The smallest absolute Gasteiger partial charge is 0.173 e. The van der Waals surface area contributed by atoms with Gasteiger partial charge in [-0.25, -0.2) is 4.99 Å². The quantitative estimate of drug-likeness (QED) is 0.532. The van der Waals surface area contributed by atoms with E-state index in [1.165, 1.54) is 11.8 Å². The van der Waals surface area contributed by atoms with Crippen LogP contribution in [0.15, 0.2) is 65.7 Å². The van der Waals surface area contributed by atoms with Crippen molar-refractivity contribution in [2.75, 3.05) is 5.75 Å². The molecule has 0 amide bonds. The van der Waals surface area contributed by atoms with E-state index in [1.54, 1.807) is 12.1 Å². The number of rotatable bonds is 4. The highest BCUT2D eigenvalue weighted by Crippen LogP contribution is 2.13. The molecule has 2 aromatic carbocycles. The van der Waals surface area contributed by atoms with Gasteiger partial charge in [-0.05, 0) is 12.1 Å². The number of benzene rings is 2. The highest BCUT2D eigenvalue weighted by molar-refractivity contribution is 8.14. The molecule has 0 heterocycles. The Morgan fingerprint density at radius 2 is 1.55 bits per heavy atom. The number of aliphatic imine (C=N–C) groups is 1. The first kappa shape index (κ1) is 16.3. The first-order valence-electron chi connectivity index (χ1n) is 5.86. The lowest BCUT2D eigenvalue weighted by Crippen LogP contribution is -2.11. The number of hydrogen-bond donors (Lipinski definition) is 1. The van der Waals surface area contributed by atoms with Crippen LogP contribution in [0.25, 0.3) is 0 Å². The van der Waals surface area contributed by atoms with Gasteiger partial charge in [-0.15, -0.1) is 12.4 Å². The summed E-state index contributed by atoms with van der Waals surface area (Å²) in [4.78, 5) is 16.1. The molecule has 2 rings (SSSR count). The maximum absolute atomic E-state index is 11.9. The van der Waals surface area contributed by atoms with E-state index in [4.69, 9.17) is 5.73 Å². The van der Waals surface area contributed by atoms with E-state index in [0.29, 0.717) is 16.5 Å². The van der Waals surface area contributed by atoms with Gasteiger partial charge in [0.2, 0.25) is 0 Å². The zero-order valence-electron chi connectivity index (χ0n) is 10.7. The lowest BCUT2D eigenvalue weighted by molar-refractivity contribution is 0.102. The van der Waals surface area contributed by atoms with Crippen LogP contribution in [0.2, 0.25) is 0 Å². The standard InChI is InChI=1S/C15H14N2OS.ClH/c16-15(17-13-9-5-2-6-10-13)19-11-14(18)12-7-3-1-4-8-12;/h1-10H,11H2,(H2,16,17);1H. The second-order valence-electron chi connectivity index (χ2n) is 3.86. The molecule has 0 spiro atoms. The summed E-state index contributed by atoms with van der Waals surface area (Å²) in [6.07, 6.45) is 0. The largest absolute Gasteiger partial charge is 0.378 e. The number of nitrogens with two attached hydrogens (primary N) is 1. The number of para-hydroxylation sites is 1. The number of thioether (sulfide) groups is 1. The molecule has 20 heavy (non-hydrogen) atoms. The average Bonchev–Trinajstić information content (AvgIpc) is 2.47. The topological polar surface area (TPSA) is 55.4 Å². The van der Waals surface area contributed by atoms with Crippen molar-refractivity contribution < 1.29 is 4.79 Å². The van der Waals surface area contributed by atoms with Gasteiger partial charge in [0.15, 0.2) is 11.0 Å². The Bertz CT molecular complexity index is 573. The molecule has 2 aromatic rings. The van der Waals surface area contributed by atoms with Crippen LogP contribution < -0.4 is 5.73 Å². The van der Waals surface area contributed by atoms with Crippen molar-refractivity contribution in [1.82, 2.24) is 0 Å². The molecular weight excluding hydrogens is 292 g/mol. The minimum atomic E-state index is 0. The molecule has 0 aromatic heterocycles. The molecule has 0 aliphatic rings. The fourth-order valence-corrected chi connectivity index (χ4v) is 2.12. The molecular formula is C15H15ClN2OS. The van der Waals surface area contributed by atoms with Gasteiger partial charge in [-0.3, -0.25) is 4.79 Å². The van der Waals surface area contributed by atoms with Crippen molar-refractivity contribution in [1.29, 1.82) is 0 Å². The van der Waals surface area contributed by atoms with Crippen LogP contribution >= 0.6 is 24.2 Å². The Kier molecular flexibility index (Phi) is 6.84. The Morgan fingerprint density at radius 3 is 2.15 bits per heavy atom. The number of amidine groups is 1. The van der Waals surface area contributed by atoms with Gasteiger partial charge in [0.25, 0.3) is 0 Å². The van der Waals surface area contributed by atoms with Crippen molar-refractivity contribution in [3.8, 4) is 0 Å². The monoisotopic (exact) mass is 306 g/mol. The summed E-state index contributed by atoms with van der Waals surface area (Å²) in [7, 11) is 0. The number of carbonyl (C=O) groups excluding carboxylic acids is 1. The molecule has 104 valence electrons. The van der Waals surface area contributed by atoms with Crippen LogP contribution in [-0.2, 0) is 0 Å². The third kappa shape index (κ3) is 5.07. The lowest BCUT2D eigenvalue weighted by Gasteiger charge is -2.01. The second kappa shape index (κ2) is 8.40. The summed E-state index contributed by atoms with van der Waals surface area (Å²) in [5.74, 6) is 0.350. The summed E-state index contributed by atoms with van der Waals surface area (Å²) in [5, 5.41) is 0.399. The van der Waals surface area contributed by atoms with Crippen molar-refractivity contribution >= 4 is 40.8 Å². The highest BCUT2D eigenvalue weighted by atomic mass is 35.5. The van der Waals surface area contributed by atoms with Crippen LogP contribution in [0.5, 0.6) is 0 Å². The van der Waals surface area contributed by atoms with Crippen molar-refractivity contribution in [2.24, 2.45) is 10.7 Å². The first-order valence-corrected chi connectivity index (χ1v) is 6.84. The fraction of sp³-hybridized carbons (Fsp3) is 0.0667. The van der Waals surface area contributed by atoms with Crippen molar-refractivity contribution in [2.45, 2.75) is 0 Å². The molecule has 0 radical (unpaired) electrons. The van der Waals surface area contributed by atoms with Crippen LogP contribution in [-0.4, -0.2) is 16.7 Å². The Balaban J connectivity index is 0.00000200. The van der Waals surface area contributed by atoms with Crippen LogP contribution in [0, 0.1) is 0 Å². The number of Topliss-reactive ketones (excluding diaryl/α,β-unsaturated/α-hetero) is 1. The Morgan fingerprint density at radius 1 is 1.00 bits per heavy atom. The van der Waals surface area contributed by atoms with Gasteiger partial charge in [0.05, 0.1) is 11.4 Å². The third-order valence-electron chi connectivity index (χ3n) is 2.44. The molecule has 3 nitrogen and oxygen atoms in total. The Labute approximate surface area is 128 Å². The normalized spacial score (nSPS) is 10.7. The molecule has 0 atom stereocenters. The number of ketones is 1. The fourth-order valence-electron chi connectivity index (χ4n) is 1.51. The van der Waals surface area contributed by atoms with E-state index in [9.17, 15) is 4.79 Å². The van der Waals surface area contributed by atoms with Gasteiger partial charge in [-0.2, -0.15) is 0 Å². The summed E-state index contributed by atoms with van der Waals surface area (Å²) in [6, 6.07) is 18.6. The second-order valence-corrected chi connectivity index (χ2v) is 4.86. The van der Waals surface area contributed by atoms with E-state index in [-0.39, 0.29) is 18.2 Å². The molecule has 0 saturated carbocycles. The van der Waals surface area contributed by atoms with E-state index in [0.717, 1.165) is 5.69 Å². The van der Waals surface area contributed by atoms with Crippen molar-refractivity contribution in [3.63, 3.8) is 0 Å². The summed E-state index contributed by atoms with van der Waals surface area (Å²) < 4.78 is 0. The molecule has 0 bridgehead atoms. The van der Waals surface area contributed by atoms with E-state index in [1.807, 2.05) is 48.5 Å². The lowest BCUT2D eigenvalue weighted by atomic mass is 10.2. The molecule has 0 saturated heterocycles. The minimum absolute atomic E-state index is 0. The van der Waals surface area contributed by atoms with E-state index < -0.39 is 0 Å². The minimum Gasteiger partial charge on any atom is -0.378 e. The zero-order chi connectivity index (χ0) is 13.5. The molecule has 2 N–H and O–H groups in total. The summed E-state index contributed by atoms with van der Waals surface area (Å²) >= 11 is 1.25.